The number of ether oxygens (including phenoxy) is 2. The van der Waals surface area contributed by atoms with Crippen molar-refractivity contribution in [3.63, 3.8) is 0 Å². The van der Waals surface area contributed by atoms with E-state index in [2.05, 4.69) is 53.0 Å². The molecule has 0 amide bonds. The van der Waals surface area contributed by atoms with Crippen LogP contribution in [0.5, 0.6) is 11.5 Å². The monoisotopic (exact) mass is 403 g/mol. The van der Waals surface area contributed by atoms with E-state index in [4.69, 9.17) is 14.5 Å². The maximum atomic E-state index is 5.50. The molecule has 3 rings (SSSR count). The van der Waals surface area contributed by atoms with Crippen LogP contribution in [0.1, 0.15) is 25.0 Å². The lowest BCUT2D eigenvalue weighted by Crippen LogP contribution is -2.49. The summed E-state index contributed by atoms with van der Waals surface area (Å²) in [5.74, 6) is 2.61. The Morgan fingerprint density at radius 1 is 1.07 bits per heavy atom. The van der Waals surface area contributed by atoms with Gasteiger partial charge >= 0.3 is 0 Å². The SMILES string of the molecule is CCNC(=NCC(C)N1CCN(C)CC1)N1CCc2cc(OC)c(OC)cc2C1. The summed E-state index contributed by atoms with van der Waals surface area (Å²) in [6, 6.07) is 4.68. The Kier molecular flexibility index (Phi) is 7.61. The van der Waals surface area contributed by atoms with Gasteiger partial charge in [0.15, 0.2) is 17.5 Å². The van der Waals surface area contributed by atoms with Gasteiger partial charge in [-0.2, -0.15) is 0 Å². The second-order valence-electron chi connectivity index (χ2n) is 8.03. The summed E-state index contributed by atoms with van der Waals surface area (Å²) < 4.78 is 11.0. The van der Waals surface area contributed by atoms with Crippen molar-refractivity contribution in [3.05, 3.63) is 23.3 Å². The number of piperazine rings is 1. The summed E-state index contributed by atoms with van der Waals surface area (Å²) in [5.41, 5.74) is 2.62. The van der Waals surface area contributed by atoms with E-state index in [0.717, 1.165) is 76.2 Å². The molecule has 1 unspecified atom stereocenters. The third kappa shape index (κ3) is 5.34. The van der Waals surface area contributed by atoms with Crippen LogP contribution < -0.4 is 14.8 Å². The van der Waals surface area contributed by atoms with E-state index in [9.17, 15) is 0 Å². The summed E-state index contributed by atoms with van der Waals surface area (Å²) in [7, 11) is 5.58. The van der Waals surface area contributed by atoms with Crippen LogP contribution >= 0.6 is 0 Å². The fourth-order valence-corrected chi connectivity index (χ4v) is 4.09. The zero-order valence-corrected chi connectivity index (χ0v) is 18.7. The number of hydrogen-bond acceptors (Lipinski definition) is 5. The Morgan fingerprint density at radius 3 is 2.34 bits per heavy atom. The smallest absolute Gasteiger partial charge is 0.194 e. The third-order valence-electron chi connectivity index (χ3n) is 6.02. The number of likely N-dealkylation sites (N-methyl/N-ethyl adjacent to an activating group) is 1. The van der Waals surface area contributed by atoms with Gasteiger partial charge in [-0.05, 0) is 50.6 Å². The quantitative estimate of drug-likeness (QED) is 0.576. The lowest BCUT2D eigenvalue weighted by Gasteiger charge is -2.36. The Hall–Kier alpha value is -1.99. The molecular formula is C22H37N5O2. The van der Waals surface area contributed by atoms with Gasteiger partial charge in [0.2, 0.25) is 0 Å². The lowest BCUT2D eigenvalue weighted by atomic mass is 9.99. The molecule has 0 bridgehead atoms. The van der Waals surface area contributed by atoms with Crippen molar-refractivity contribution in [1.29, 1.82) is 0 Å². The van der Waals surface area contributed by atoms with Crippen molar-refractivity contribution < 1.29 is 9.47 Å². The van der Waals surface area contributed by atoms with Crippen LogP contribution in [0.25, 0.3) is 0 Å². The van der Waals surface area contributed by atoms with Crippen LogP contribution in [0.2, 0.25) is 0 Å². The fourth-order valence-electron chi connectivity index (χ4n) is 4.09. The molecule has 2 aliphatic rings. The average molecular weight is 404 g/mol. The molecule has 1 aromatic carbocycles. The number of benzene rings is 1. The van der Waals surface area contributed by atoms with Gasteiger partial charge in [-0.25, -0.2) is 0 Å². The van der Waals surface area contributed by atoms with Crippen molar-refractivity contribution >= 4 is 5.96 Å². The summed E-state index contributed by atoms with van der Waals surface area (Å²) in [4.78, 5) is 12.3. The topological polar surface area (TPSA) is 52.6 Å². The molecule has 1 aromatic rings. The van der Waals surface area contributed by atoms with E-state index >= 15 is 0 Å². The number of nitrogens with one attached hydrogen (secondary N) is 1. The van der Waals surface area contributed by atoms with Crippen LogP contribution in [0, 0.1) is 0 Å². The molecular weight excluding hydrogens is 366 g/mol. The second kappa shape index (κ2) is 10.2. The van der Waals surface area contributed by atoms with Gasteiger partial charge in [0.05, 0.1) is 20.8 Å². The minimum atomic E-state index is 0.457. The molecule has 0 saturated carbocycles. The van der Waals surface area contributed by atoms with Gasteiger partial charge < -0.3 is 24.6 Å². The van der Waals surface area contributed by atoms with Crippen molar-refractivity contribution in [2.24, 2.45) is 4.99 Å². The molecule has 0 aliphatic carbocycles. The standard InChI is InChI=1S/C22H37N5O2/c1-6-23-22(24-15-17(2)26-11-9-25(3)10-12-26)27-8-7-18-13-20(28-4)21(29-5)14-19(18)16-27/h13-14,17H,6-12,15-16H2,1-5H3,(H,23,24). The van der Waals surface area contributed by atoms with E-state index in [0.29, 0.717) is 6.04 Å². The first-order chi connectivity index (χ1) is 14.0. The number of aliphatic imine (C=N–C) groups is 1. The summed E-state index contributed by atoms with van der Waals surface area (Å²) in [6.45, 7) is 12.4. The van der Waals surface area contributed by atoms with E-state index in [1.165, 1.54) is 11.1 Å². The average Bonchev–Trinajstić information content (AvgIpc) is 2.75. The summed E-state index contributed by atoms with van der Waals surface area (Å²) in [5, 5.41) is 3.49. The highest BCUT2D eigenvalue weighted by atomic mass is 16.5. The van der Waals surface area contributed by atoms with E-state index in [1.54, 1.807) is 14.2 Å². The predicted molar refractivity (Wildman–Crippen MR) is 118 cm³/mol. The molecule has 29 heavy (non-hydrogen) atoms. The highest BCUT2D eigenvalue weighted by molar-refractivity contribution is 5.80. The zero-order valence-electron chi connectivity index (χ0n) is 18.7. The highest BCUT2D eigenvalue weighted by Crippen LogP contribution is 2.33. The molecule has 7 heteroatoms. The molecule has 2 aliphatic heterocycles. The maximum Gasteiger partial charge on any atom is 0.194 e. The van der Waals surface area contributed by atoms with Gasteiger partial charge in [-0.1, -0.05) is 0 Å². The molecule has 1 saturated heterocycles. The van der Waals surface area contributed by atoms with Crippen LogP contribution in [0.4, 0.5) is 0 Å². The number of fused-ring (bicyclic) bond motifs is 1. The van der Waals surface area contributed by atoms with Crippen molar-refractivity contribution in [1.82, 2.24) is 20.0 Å². The Bertz CT molecular complexity index is 701. The van der Waals surface area contributed by atoms with Crippen molar-refractivity contribution in [2.75, 3.05) is 67.1 Å². The first-order valence-corrected chi connectivity index (χ1v) is 10.7. The Balaban J connectivity index is 1.68. The molecule has 1 fully saturated rings. The van der Waals surface area contributed by atoms with Gasteiger partial charge in [0.1, 0.15) is 0 Å². The second-order valence-corrected chi connectivity index (χ2v) is 8.03. The number of methoxy groups -OCH3 is 2. The minimum Gasteiger partial charge on any atom is -0.493 e. The number of nitrogens with zero attached hydrogens (tertiary/aromatic N) is 4. The third-order valence-corrected chi connectivity index (χ3v) is 6.02. The van der Waals surface area contributed by atoms with Crippen LogP contribution in [-0.4, -0.2) is 93.8 Å². The summed E-state index contributed by atoms with van der Waals surface area (Å²) in [6.07, 6.45) is 0.980. The van der Waals surface area contributed by atoms with E-state index in [-0.39, 0.29) is 0 Å². The minimum absolute atomic E-state index is 0.457. The van der Waals surface area contributed by atoms with Crippen LogP contribution in [0.3, 0.4) is 0 Å². The first kappa shape index (κ1) is 21.7. The molecule has 2 heterocycles. The predicted octanol–water partition coefficient (Wildman–Crippen LogP) is 1.66. The number of hydrogen-bond donors (Lipinski definition) is 1. The Morgan fingerprint density at radius 2 is 1.72 bits per heavy atom. The lowest BCUT2D eigenvalue weighted by molar-refractivity contribution is 0.122. The van der Waals surface area contributed by atoms with Crippen LogP contribution in [0.15, 0.2) is 17.1 Å². The molecule has 1 N–H and O–H groups in total. The molecule has 162 valence electrons. The fraction of sp³-hybridized carbons (Fsp3) is 0.682. The van der Waals surface area contributed by atoms with Crippen LogP contribution in [-0.2, 0) is 13.0 Å². The molecule has 0 radical (unpaired) electrons. The molecule has 7 nitrogen and oxygen atoms in total. The first-order valence-electron chi connectivity index (χ1n) is 10.7. The zero-order chi connectivity index (χ0) is 20.8. The van der Waals surface area contributed by atoms with E-state index < -0.39 is 0 Å². The van der Waals surface area contributed by atoms with Crippen molar-refractivity contribution in [3.8, 4) is 11.5 Å². The van der Waals surface area contributed by atoms with Gasteiger partial charge in [0, 0.05) is 51.9 Å². The van der Waals surface area contributed by atoms with Gasteiger partial charge in [-0.3, -0.25) is 9.89 Å². The highest BCUT2D eigenvalue weighted by Gasteiger charge is 2.23. The number of rotatable bonds is 6. The van der Waals surface area contributed by atoms with E-state index in [1.807, 2.05) is 0 Å². The maximum absolute atomic E-state index is 5.50. The van der Waals surface area contributed by atoms with Gasteiger partial charge in [0.25, 0.3) is 0 Å². The number of guanidine groups is 1. The largest absolute Gasteiger partial charge is 0.493 e. The van der Waals surface area contributed by atoms with Gasteiger partial charge in [-0.15, -0.1) is 0 Å². The molecule has 0 spiro atoms. The molecule has 1 atom stereocenters. The normalized spacial score (nSPS) is 19.6. The Labute approximate surface area is 175 Å². The summed E-state index contributed by atoms with van der Waals surface area (Å²) >= 11 is 0. The molecule has 0 aromatic heterocycles. The van der Waals surface area contributed by atoms with Crippen molar-refractivity contribution in [2.45, 2.75) is 32.9 Å².